The predicted molar refractivity (Wildman–Crippen MR) is 117 cm³/mol. The SMILES string of the molecule is COc1cccc2sc(NC(=O)[C@@H](N=C3NS(=O)(=O)c4ccccc43)C(C)C)nc12. The Morgan fingerprint density at radius 2 is 1.97 bits per heavy atom. The molecule has 1 amide bonds. The van der Waals surface area contributed by atoms with Crippen molar-refractivity contribution in [3.63, 3.8) is 0 Å². The van der Waals surface area contributed by atoms with Crippen LogP contribution in [0.15, 0.2) is 52.4 Å². The lowest BCUT2D eigenvalue weighted by molar-refractivity contribution is -0.118. The molecule has 2 heterocycles. The molecule has 0 aliphatic carbocycles. The minimum Gasteiger partial charge on any atom is -0.494 e. The smallest absolute Gasteiger partial charge is 0.263 e. The van der Waals surface area contributed by atoms with Gasteiger partial charge in [0.2, 0.25) is 0 Å². The molecule has 0 spiro atoms. The van der Waals surface area contributed by atoms with E-state index in [1.54, 1.807) is 31.4 Å². The van der Waals surface area contributed by atoms with Crippen LogP contribution < -0.4 is 14.8 Å². The number of nitrogens with one attached hydrogen (secondary N) is 2. The number of hydrogen-bond acceptors (Lipinski definition) is 7. The van der Waals surface area contributed by atoms with Gasteiger partial charge in [0.1, 0.15) is 23.1 Å². The van der Waals surface area contributed by atoms with Crippen molar-refractivity contribution in [2.45, 2.75) is 24.8 Å². The summed E-state index contributed by atoms with van der Waals surface area (Å²) in [6.45, 7) is 3.70. The molecule has 0 fully saturated rings. The Labute approximate surface area is 178 Å². The maximum absolute atomic E-state index is 13.0. The van der Waals surface area contributed by atoms with Gasteiger partial charge >= 0.3 is 0 Å². The van der Waals surface area contributed by atoms with E-state index in [9.17, 15) is 13.2 Å². The van der Waals surface area contributed by atoms with E-state index >= 15 is 0 Å². The Morgan fingerprint density at radius 1 is 1.20 bits per heavy atom. The Balaban J connectivity index is 1.64. The van der Waals surface area contributed by atoms with E-state index in [2.05, 4.69) is 20.0 Å². The molecule has 3 aromatic rings. The van der Waals surface area contributed by atoms with Gasteiger partial charge in [-0.3, -0.25) is 14.5 Å². The van der Waals surface area contributed by atoms with Crippen LogP contribution in [-0.2, 0) is 14.8 Å². The Bertz CT molecular complexity index is 1260. The highest BCUT2D eigenvalue weighted by atomic mass is 32.2. The van der Waals surface area contributed by atoms with Crippen LogP contribution in [0.25, 0.3) is 10.2 Å². The fourth-order valence-corrected chi connectivity index (χ4v) is 5.33. The van der Waals surface area contributed by atoms with Crippen molar-refractivity contribution < 1.29 is 17.9 Å². The summed E-state index contributed by atoms with van der Waals surface area (Å²) in [5.74, 6) is 0.269. The van der Waals surface area contributed by atoms with Gasteiger partial charge in [0.25, 0.3) is 15.9 Å². The van der Waals surface area contributed by atoms with Crippen molar-refractivity contribution in [1.82, 2.24) is 9.71 Å². The molecule has 1 aromatic heterocycles. The van der Waals surface area contributed by atoms with Crippen LogP contribution in [0.5, 0.6) is 5.75 Å². The summed E-state index contributed by atoms with van der Waals surface area (Å²) in [6.07, 6.45) is 0. The van der Waals surface area contributed by atoms with Gasteiger partial charge in [0.15, 0.2) is 5.13 Å². The molecule has 1 atom stereocenters. The third-order valence-corrected chi connectivity index (χ3v) is 7.00. The van der Waals surface area contributed by atoms with Crippen LogP contribution >= 0.6 is 11.3 Å². The topological polar surface area (TPSA) is 110 Å². The van der Waals surface area contributed by atoms with E-state index < -0.39 is 16.1 Å². The summed E-state index contributed by atoms with van der Waals surface area (Å²) < 4.78 is 33.3. The van der Waals surface area contributed by atoms with E-state index in [1.165, 1.54) is 17.4 Å². The second-order valence-corrected chi connectivity index (χ2v) is 9.76. The van der Waals surface area contributed by atoms with Gasteiger partial charge in [-0.2, -0.15) is 0 Å². The van der Waals surface area contributed by atoms with Crippen LogP contribution in [0.3, 0.4) is 0 Å². The van der Waals surface area contributed by atoms with E-state index in [0.717, 1.165) is 4.70 Å². The zero-order chi connectivity index (χ0) is 21.5. The minimum absolute atomic E-state index is 0.157. The Morgan fingerprint density at radius 3 is 2.70 bits per heavy atom. The van der Waals surface area contributed by atoms with Crippen LogP contribution in [0, 0.1) is 5.92 Å². The van der Waals surface area contributed by atoms with Crippen LogP contribution in [-0.4, -0.2) is 38.3 Å². The third kappa shape index (κ3) is 3.63. The Hall–Kier alpha value is -2.98. The molecule has 10 heteroatoms. The molecule has 2 N–H and O–H groups in total. The number of fused-ring (bicyclic) bond motifs is 2. The summed E-state index contributed by atoms with van der Waals surface area (Å²) in [4.78, 5) is 22.1. The molecule has 0 saturated heterocycles. The molecule has 2 aromatic carbocycles. The lowest BCUT2D eigenvalue weighted by Crippen LogP contribution is -2.34. The number of anilines is 1. The molecule has 0 bridgehead atoms. The average molecular weight is 445 g/mol. The number of ether oxygens (including phenoxy) is 1. The minimum atomic E-state index is -3.67. The normalized spacial score (nSPS) is 17.0. The van der Waals surface area contributed by atoms with E-state index in [-0.39, 0.29) is 22.6 Å². The van der Waals surface area contributed by atoms with Crippen LogP contribution in [0.1, 0.15) is 19.4 Å². The fraction of sp³-hybridized carbons (Fsp3) is 0.250. The second-order valence-electron chi connectivity index (χ2n) is 7.08. The highest BCUT2D eigenvalue weighted by molar-refractivity contribution is 7.90. The molecule has 1 aliphatic rings. The number of benzene rings is 2. The fourth-order valence-electron chi connectivity index (χ4n) is 3.20. The number of aliphatic imine (C=N–C) groups is 1. The molecular weight excluding hydrogens is 424 g/mol. The number of methoxy groups -OCH3 is 1. The maximum atomic E-state index is 13.0. The van der Waals surface area contributed by atoms with Crippen molar-refractivity contribution in [3.8, 4) is 5.75 Å². The number of carbonyl (C=O) groups is 1. The summed E-state index contributed by atoms with van der Waals surface area (Å²) in [5, 5.41) is 3.24. The predicted octanol–water partition coefficient (Wildman–Crippen LogP) is 3.01. The van der Waals surface area contributed by atoms with Gasteiger partial charge in [0.05, 0.1) is 16.7 Å². The van der Waals surface area contributed by atoms with Gasteiger partial charge in [-0.05, 0) is 30.2 Å². The number of carbonyl (C=O) groups excluding carboxylic acids is 1. The first-order chi connectivity index (χ1) is 14.3. The molecule has 0 saturated carbocycles. The second kappa shape index (κ2) is 7.69. The number of rotatable bonds is 5. The monoisotopic (exact) mass is 444 g/mol. The van der Waals surface area contributed by atoms with E-state index in [0.29, 0.717) is 22.0 Å². The maximum Gasteiger partial charge on any atom is 0.263 e. The first-order valence-corrected chi connectivity index (χ1v) is 11.5. The first-order valence-electron chi connectivity index (χ1n) is 9.24. The molecule has 0 radical (unpaired) electrons. The molecular formula is C20H20N4O4S2. The molecule has 1 aliphatic heterocycles. The van der Waals surface area contributed by atoms with Crippen LogP contribution in [0.4, 0.5) is 5.13 Å². The molecule has 4 rings (SSSR count). The van der Waals surface area contributed by atoms with Crippen LogP contribution in [0.2, 0.25) is 0 Å². The summed E-state index contributed by atoms with van der Waals surface area (Å²) in [7, 11) is -2.11. The van der Waals surface area contributed by atoms with Crippen molar-refractivity contribution in [3.05, 3.63) is 48.0 Å². The van der Waals surface area contributed by atoms with Gasteiger partial charge < -0.3 is 10.1 Å². The molecule has 156 valence electrons. The van der Waals surface area contributed by atoms with Crippen molar-refractivity contribution in [1.29, 1.82) is 0 Å². The molecule has 30 heavy (non-hydrogen) atoms. The highest BCUT2D eigenvalue weighted by Gasteiger charge is 2.32. The van der Waals surface area contributed by atoms with Crippen molar-refractivity contribution in [2.75, 3.05) is 12.4 Å². The number of nitrogens with zero attached hydrogens (tertiary/aromatic N) is 2. The number of amides is 1. The van der Waals surface area contributed by atoms with Gasteiger partial charge in [-0.15, -0.1) is 0 Å². The standard InChI is InChI=1S/C20H20N4O4S2/c1-11(2)16(21-18-12-7-4-5-10-15(12)30(26,27)24-18)19(25)23-20-22-17-13(28-3)8-6-9-14(17)29-20/h4-11,16H,1-3H3,(H,21,24)(H,22,23,25)/t16-/m0/s1. The van der Waals surface area contributed by atoms with E-state index in [4.69, 9.17) is 4.74 Å². The highest BCUT2D eigenvalue weighted by Crippen LogP contribution is 2.32. The largest absolute Gasteiger partial charge is 0.494 e. The number of amidine groups is 1. The lowest BCUT2D eigenvalue weighted by Gasteiger charge is -2.16. The number of thiazole rings is 1. The third-order valence-electron chi connectivity index (χ3n) is 4.66. The number of hydrogen-bond donors (Lipinski definition) is 2. The lowest BCUT2D eigenvalue weighted by atomic mass is 10.0. The van der Waals surface area contributed by atoms with Crippen molar-refractivity contribution in [2.24, 2.45) is 10.9 Å². The Kier molecular flexibility index (Phi) is 5.20. The number of aromatic nitrogens is 1. The van der Waals surface area contributed by atoms with Gasteiger partial charge in [-0.1, -0.05) is 43.4 Å². The molecule has 0 unspecified atom stereocenters. The number of para-hydroxylation sites is 1. The summed E-state index contributed by atoms with van der Waals surface area (Å²) >= 11 is 1.33. The average Bonchev–Trinajstić information content (AvgIpc) is 3.23. The van der Waals surface area contributed by atoms with Crippen molar-refractivity contribution >= 4 is 48.5 Å². The van der Waals surface area contributed by atoms with Gasteiger partial charge in [-0.25, -0.2) is 13.4 Å². The zero-order valence-electron chi connectivity index (χ0n) is 16.5. The summed E-state index contributed by atoms with van der Waals surface area (Å²) in [6, 6.07) is 11.3. The van der Waals surface area contributed by atoms with E-state index in [1.807, 2.05) is 26.0 Å². The first kappa shape index (κ1) is 20.3. The summed E-state index contributed by atoms with van der Waals surface area (Å²) in [5.41, 5.74) is 1.13. The quantitative estimate of drug-likeness (QED) is 0.629. The zero-order valence-corrected chi connectivity index (χ0v) is 18.2. The molecule has 8 nitrogen and oxygen atoms in total. The number of sulfonamides is 1. The van der Waals surface area contributed by atoms with Gasteiger partial charge in [0, 0.05) is 5.56 Å².